The van der Waals surface area contributed by atoms with Crippen LogP contribution in [0, 0.1) is 0 Å². The predicted octanol–water partition coefficient (Wildman–Crippen LogP) is 1.60. The number of para-hydroxylation sites is 1. The van der Waals surface area contributed by atoms with Gasteiger partial charge < -0.3 is 9.80 Å². The Hall–Kier alpha value is -2.73. The molecule has 0 radical (unpaired) electrons. The Morgan fingerprint density at radius 1 is 1.17 bits per heavy atom. The van der Waals surface area contributed by atoms with Gasteiger partial charge in [0.1, 0.15) is 0 Å². The normalized spacial score (nSPS) is 15.6. The molecule has 1 aromatic heterocycles. The van der Waals surface area contributed by atoms with Crippen molar-refractivity contribution in [2.24, 2.45) is 5.10 Å². The summed E-state index contributed by atoms with van der Waals surface area (Å²) in [5.41, 5.74) is 5.17. The van der Waals surface area contributed by atoms with Crippen molar-refractivity contribution < 1.29 is 4.79 Å². The van der Waals surface area contributed by atoms with Gasteiger partial charge in [-0.1, -0.05) is 18.2 Å². The average Bonchev–Trinajstić information content (AvgIpc) is 2.63. The van der Waals surface area contributed by atoms with E-state index in [1.54, 1.807) is 24.5 Å². The van der Waals surface area contributed by atoms with Crippen LogP contribution in [0.2, 0.25) is 0 Å². The number of nitrogens with one attached hydrogen (secondary N) is 1. The van der Waals surface area contributed by atoms with Crippen LogP contribution in [0.3, 0.4) is 0 Å². The third-order valence-electron chi connectivity index (χ3n) is 4.07. The van der Waals surface area contributed by atoms with E-state index in [9.17, 15) is 4.79 Å². The van der Waals surface area contributed by atoms with E-state index < -0.39 is 0 Å². The Kier molecular flexibility index (Phi) is 5.18. The number of pyridine rings is 1. The van der Waals surface area contributed by atoms with Crippen molar-refractivity contribution in [1.29, 1.82) is 0 Å². The SMILES string of the molecule is CN1CCN(c2ccccc2C=NNC(=O)c2cccnc2)CC1. The van der Waals surface area contributed by atoms with Crippen LogP contribution in [0.4, 0.5) is 5.69 Å². The summed E-state index contributed by atoms with van der Waals surface area (Å²) in [6, 6.07) is 11.5. The Morgan fingerprint density at radius 2 is 1.96 bits per heavy atom. The number of carbonyl (C=O) groups excluding carboxylic acids is 1. The van der Waals surface area contributed by atoms with Crippen LogP contribution >= 0.6 is 0 Å². The van der Waals surface area contributed by atoms with Crippen LogP contribution in [0.15, 0.2) is 53.9 Å². The van der Waals surface area contributed by atoms with E-state index >= 15 is 0 Å². The second-order valence-corrected chi connectivity index (χ2v) is 5.79. The van der Waals surface area contributed by atoms with Gasteiger partial charge in [-0.15, -0.1) is 0 Å². The fraction of sp³-hybridized carbons (Fsp3) is 0.278. The molecule has 6 heteroatoms. The lowest BCUT2D eigenvalue weighted by Gasteiger charge is -2.34. The Morgan fingerprint density at radius 3 is 2.71 bits per heavy atom. The number of aromatic nitrogens is 1. The first-order valence-corrected chi connectivity index (χ1v) is 8.00. The number of anilines is 1. The fourth-order valence-electron chi connectivity index (χ4n) is 2.65. The van der Waals surface area contributed by atoms with Gasteiger partial charge in [0.25, 0.3) is 5.91 Å². The lowest BCUT2D eigenvalue weighted by atomic mass is 10.1. The summed E-state index contributed by atoms with van der Waals surface area (Å²) in [5.74, 6) is -0.267. The molecule has 2 heterocycles. The first-order valence-electron chi connectivity index (χ1n) is 8.00. The lowest BCUT2D eigenvalue weighted by molar-refractivity contribution is 0.0955. The molecule has 0 bridgehead atoms. The van der Waals surface area contributed by atoms with Crippen molar-refractivity contribution in [3.05, 3.63) is 59.9 Å². The van der Waals surface area contributed by atoms with Crippen LogP contribution in [0.1, 0.15) is 15.9 Å². The van der Waals surface area contributed by atoms with Crippen molar-refractivity contribution in [2.75, 3.05) is 38.1 Å². The van der Waals surface area contributed by atoms with Gasteiger partial charge in [-0.2, -0.15) is 5.10 Å². The largest absolute Gasteiger partial charge is 0.368 e. The van der Waals surface area contributed by atoms with Gasteiger partial charge in [-0.3, -0.25) is 9.78 Å². The molecule has 1 fully saturated rings. The number of nitrogens with zero attached hydrogens (tertiary/aromatic N) is 4. The van der Waals surface area contributed by atoms with Gasteiger partial charge in [0.05, 0.1) is 11.8 Å². The van der Waals surface area contributed by atoms with E-state index in [-0.39, 0.29) is 5.91 Å². The predicted molar refractivity (Wildman–Crippen MR) is 95.4 cm³/mol. The van der Waals surface area contributed by atoms with Crippen LogP contribution in [-0.2, 0) is 0 Å². The molecule has 3 rings (SSSR count). The minimum atomic E-state index is -0.267. The maximum absolute atomic E-state index is 12.0. The van der Waals surface area contributed by atoms with Crippen molar-refractivity contribution in [3.8, 4) is 0 Å². The number of likely N-dealkylation sites (N-methyl/N-ethyl adjacent to an activating group) is 1. The van der Waals surface area contributed by atoms with Crippen LogP contribution in [-0.4, -0.2) is 55.2 Å². The third-order valence-corrected chi connectivity index (χ3v) is 4.07. The molecule has 24 heavy (non-hydrogen) atoms. The lowest BCUT2D eigenvalue weighted by Crippen LogP contribution is -2.44. The van der Waals surface area contributed by atoms with Crippen molar-refractivity contribution >= 4 is 17.8 Å². The zero-order valence-electron chi connectivity index (χ0n) is 13.7. The molecule has 2 aromatic rings. The fourth-order valence-corrected chi connectivity index (χ4v) is 2.65. The van der Waals surface area contributed by atoms with E-state index in [0.717, 1.165) is 37.4 Å². The quantitative estimate of drug-likeness (QED) is 0.686. The number of carbonyl (C=O) groups is 1. The van der Waals surface area contributed by atoms with Crippen LogP contribution < -0.4 is 10.3 Å². The van der Waals surface area contributed by atoms with Crippen LogP contribution in [0.25, 0.3) is 0 Å². The molecule has 0 spiro atoms. The molecule has 1 N–H and O–H groups in total. The van der Waals surface area contributed by atoms with E-state index in [4.69, 9.17) is 0 Å². The summed E-state index contributed by atoms with van der Waals surface area (Å²) in [6.07, 6.45) is 4.84. The van der Waals surface area contributed by atoms with Gasteiger partial charge in [-0.25, -0.2) is 5.43 Å². The van der Waals surface area contributed by atoms with E-state index in [1.807, 2.05) is 18.2 Å². The van der Waals surface area contributed by atoms with Gasteiger partial charge in [0.15, 0.2) is 0 Å². The first kappa shape index (κ1) is 16.1. The van der Waals surface area contributed by atoms with E-state index in [1.165, 1.54) is 6.20 Å². The van der Waals surface area contributed by atoms with Crippen molar-refractivity contribution in [1.82, 2.24) is 15.3 Å². The molecule has 6 nitrogen and oxygen atoms in total. The highest BCUT2D eigenvalue weighted by atomic mass is 16.2. The number of benzene rings is 1. The molecule has 1 aromatic carbocycles. The second-order valence-electron chi connectivity index (χ2n) is 5.79. The number of hydrogen-bond donors (Lipinski definition) is 1. The van der Waals surface area contributed by atoms with Gasteiger partial charge in [-0.05, 0) is 25.2 Å². The Bertz CT molecular complexity index is 708. The Labute approximate surface area is 141 Å². The van der Waals surface area contributed by atoms with Crippen molar-refractivity contribution in [2.45, 2.75) is 0 Å². The molecule has 1 amide bonds. The second kappa shape index (κ2) is 7.70. The summed E-state index contributed by atoms with van der Waals surface area (Å²) in [4.78, 5) is 20.6. The summed E-state index contributed by atoms with van der Waals surface area (Å²) < 4.78 is 0. The first-order chi connectivity index (χ1) is 11.7. The zero-order chi connectivity index (χ0) is 16.8. The zero-order valence-corrected chi connectivity index (χ0v) is 13.7. The highest BCUT2D eigenvalue weighted by Gasteiger charge is 2.16. The number of hydrazone groups is 1. The molecule has 0 aliphatic carbocycles. The summed E-state index contributed by atoms with van der Waals surface area (Å²) in [7, 11) is 2.14. The molecular formula is C18H21N5O. The van der Waals surface area contributed by atoms with Gasteiger partial charge >= 0.3 is 0 Å². The topological polar surface area (TPSA) is 60.8 Å². The van der Waals surface area contributed by atoms with E-state index in [2.05, 4.69) is 38.4 Å². The molecule has 1 aliphatic rings. The molecule has 0 saturated carbocycles. The molecule has 1 aliphatic heterocycles. The number of rotatable bonds is 4. The third kappa shape index (κ3) is 3.97. The highest BCUT2D eigenvalue weighted by molar-refractivity contribution is 5.95. The average molecular weight is 323 g/mol. The molecule has 0 atom stereocenters. The molecular weight excluding hydrogens is 302 g/mol. The molecule has 1 saturated heterocycles. The number of amides is 1. The standard InChI is InChI=1S/C18H21N5O/c1-22-9-11-23(12-10-22)17-7-3-2-5-15(17)14-20-21-18(24)16-6-4-8-19-13-16/h2-8,13-14H,9-12H2,1H3,(H,21,24). The van der Waals surface area contributed by atoms with Gasteiger partial charge in [0.2, 0.25) is 0 Å². The summed E-state index contributed by atoms with van der Waals surface area (Å²) in [5, 5.41) is 4.10. The maximum Gasteiger partial charge on any atom is 0.272 e. The number of piperazine rings is 1. The van der Waals surface area contributed by atoms with Crippen molar-refractivity contribution in [3.63, 3.8) is 0 Å². The maximum atomic E-state index is 12.0. The minimum Gasteiger partial charge on any atom is -0.368 e. The number of hydrogen-bond acceptors (Lipinski definition) is 5. The van der Waals surface area contributed by atoms with Crippen LogP contribution in [0.5, 0.6) is 0 Å². The summed E-state index contributed by atoms with van der Waals surface area (Å²) in [6.45, 7) is 4.07. The summed E-state index contributed by atoms with van der Waals surface area (Å²) >= 11 is 0. The monoisotopic (exact) mass is 323 g/mol. The molecule has 0 unspecified atom stereocenters. The smallest absolute Gasteiger partial charge is 0.272 e. The molecule has 124 valence electrons. The Balaban J connectivity index is 1.68. The highest BCUT2D eigenvalue weighted by Crippen LogP contribution is 2.20. The van der Waals surface area contributed by atoms with E-state index in [0.29, 0.717) is 5.56 Å². The minimum absolute atomic E-state index is 0.267. The van der Waals surface area contributed by atoms with Gasteiger partial charge in [0, 0.05) is 49.8 Å².